The molecule has 0 saturated heterocycles. The smallest absolute Gasteiger partial charge is 0.254 e. The Morgan fingerprint density at radius 3 is 2.40 bits per heavy atom. The second-order valence-corrected chi connectivity index (χ2v) is 9.85. The van der Waals surface area contributed by atoms with Crippen LogP contribution in [0.1, 0.15) is 60.9 Å². The molecular weight excluding hydrogens is 466 g/mol. The minimum atomic E-state index is -0.145. The number of nitrogens with zero attached hydrogens (tertiary/aromatic N) is 1. The first-order valence-corrected chi connectivity index (χ1v) is 12.7. The van der Waals surface area contributed by atoms with Crippen LogP contribution in [0.15, 0.2) is 36.4 Å². The molecule has 0 spiro atoms. The zero-order chi connectivity index (χ0) is 24.9. The van der Waals surface area contributed by atoms with E-state index in [0.717, 1.165) is 50.5 Å². The summed E-state index contributed by atoms with van der Waals surface area (Å²) in [6, 6.07) is 10.4. The number of carbonyl (C=O) groups excluding carboxylic acids is 2. The second-order valence-electron chi connectivity index (χ2n) is 9.44. The minimum absolute atomic E-state index is 0.0390. The third kappa shape index (κ3) is 5.73. The third-order valence-corrected chi connectivity index (χ3v) is 7.57. The molecule has 2 amide bonds. The van der Waals surface area contributed by atoms with Gasteiger partial charge in [0.2, 0.25) is 5.91 Å². The van der Waals surface area contributed by atoms with Crippen molar-refractivity contribution in [3.05, 3.63) is 52.5 Å². The molecule has 0 aliphatic heterocycles. The SMILES string of the molecule is COc1ccc(C(=O)N(Cc2cc(NC(=O)C3CCC3)ccc2Cl)C2CCCCC2N)cc1OC. The number of methoxy groups -OCH3 is 2. The molecule has 2 aromatic rings. The molecule has 4 rings (SSSR count). The maximum atomic E-state index is 13.8. The van der Waals surface area contributed by atoms with Gasteiger partial charge in [0.05, 0.1) is 14.2 Å². The zero-order valence-corrected chi connectivity index (χ0v) is 21.1. The maximum Gasteiger partial charge on any atom is 0.254 e. The van der Waals surface area contributed by atoms with Gasteiger partial charge in [0.15, 0.2) is 11.5 Å². The Hall–Kier alpha value is -2.77. The van der Waals surface area contributed by atoms with Crippen LogP contribution in [0.4, 0.5) is 5.69 Å². The fourth-order valence-electron chi connectivity index (χ4n) is 4.87. The summed E-state index contributed by atoms with van der Waals surface area (Å²) in [4.78, 5) is 28.1. The van der Waals surface area contributed by atoms with Crippen molar-refractivity contribution < 1.29 is 19.1 Å². The molecular formula is C27H34ClN3O4. The molecule has 0 aromatic heterocycles. The minimum Gasteiger partial charge on any atom is -0.493 e. The molecule has 3 N–H and O–H groups in total. The molecule has 2 fully saturated rings. The Labute approximate surface area is 211 Å². The zero-order valence-electron chi connectivity index (χ0n) is 20.4. The van der Waals surface area contributed by atoms with Crippen LogP contribution in [0, 0.1) is 5.92 Å². The van der Waals surface area contributed by atoms with Crippen molar-refractivity contribution in [1.82, 2.24) is 4.90 Å². The van der Waals surface area contributed by atoms with Gasteiger partial charge in [-0.05, 0) is 67.6 Å². The van der Waals surface area contributed by atoms with Crippen LogP contribution in [0.5, 0.6) is 11.5 Å². The fraction of sp³-hybridized carbons (Fsp3) is 0.481. The summed E-state index contributed by atoms with van der Waals surface area (Å²) in [7, 11) is 3.11. The first kappa shape index (κ1) is 25.3. The Balaban J connectivity index is 1.63. The molecule has 188 valence electrons. The topological polar surface area (TPSA) is 93.9 Å². The van der Waals surface area contributed by atoms with Gasteiger partial charge in [-0.3, -0.25) is 9.59 Å². The van der Waals surface area contributed by atoms with E-state index in [0.29, 0.717) is 27.8 Å². The van der Waals surface area contributed by atoms with E-state index in [1.54, 1.807) is 44.6 Å². The van der Waals surface area contributed by atoms with E-state index in [1.165, 1.54) is 0 Å². The van der Waals surface area contributed by atoms with Crippen molar-refractivity contribution in [2.45, 2.75) is 63.6 Å². The van der Waals surface area contributed by atoms with E-state index < -0.39 is 0 Å². The van der Waals surface area contributed by atoms with Crippen LogP contribution in [0.3, 0.4) is 0 Å². The number of carbonyl (C=O) groups is 2. The quantitative estimate of drug-likeness (QED) is 0.532. The molecule has 0 bridgehead atoms. The summed E-state index contributed by atoms with van der Waals surface area (Å²) < 4.78 is 10.7. The van der Waals surface area contributed by atoms with E-state index >= 15 is 0 Å². The van der Waals surface area contributed by atoms with E-state index in [4.69, 9.17) is 26.8 Å². The summed E-state index contributed by atoms with van der Waals surface area (Å²) in [5, 5.41) is 3.55. The normalized spacial score (nSPS) is 20.0. The van der Waals surface area contributed by atoms with Crippen LogP contribution in [0.2, 0.25) is 5.02 Å². The first-order chi connectivity index (χ1) is 16.9. The highest BCUT2D eigenvalue weighted by Gasteiger charge is 2.32. The molecule has 35 heavy (non-hydrogen) atoms. The van der Waals surface area contributed by atoms with Gasteiger partial charge in [0, 0.05) is 40.8 Å². The van der Waals surface area contributed by atoms with Crippen molar-refractivity contribution in [2.75, 3.05) is 19.5 Å². The number of halogens is 1. The monoisotopic (exact) mass is 499 g/mol. The number of amides is 2. The highest BCUT2D eigenvalue weighted by Crippen LogP contribution is 2.32. The number of nitrogens with two attached hydrogens (primary N) is 1. The van der Waals surface area contributed by atoms with E-state index in [-0.39, 0.29) is 36.4 Å². The Morgan fingerprint density at radius 2 is 1.74 bits per heavy atom. The summed E-state index contributed by atoms with van der Waals surface area (Å²) in [5.74, 6) is 1.02. The summed E-state index contributed by atoms with van der Waals surface area (Å²) in [6.45, 7) is 0.289. The number of ether oxygens (including phenoxy) is 2. The van der Waals surface area contributed by atoms with Crippen LogP contribution in [-0.2, 0) is 11.3 Å². The molecule has 2 aliphatic rings. The summed E-state index contributed by atoms with van der Waals surface area (Å²) in [6.07, 6.45) is 6.72. The number of nitrogens with one attached hydrogen (secondary N) is 1. The lowest BCUT2D eigenvalue weighted by Crippen LogP contribution is -2.51. The van der Waals surface area contributed by atoms with E-state index in [1.807, 2.05) is 11.0 Å². The first-order valence-electron chi connectivity index (χ1n) is 12.3. The van der Waals surface area contributed by atoms with Crippen LogP contribution < -0.4 is 20.5 Å². The van der Waals surface area contributed by atoms with Gasteiger partial charge in [0.25, 0.3) is 5.91 Å². The van der Waals surface area contributed by atoms with Crippen LogP contribution in [0.25, 0.3) is 0 Å². The van der Waals surface area contributed by atoms with E-state index in [2.05, 4.69) is 5.32 Å². The molecule has 2 unspecified atom stereocenters. The predicted octanol–water partition coefficient (Wildman–Crippen LogP) is 5.01. The number of rotatable bonds is 8. The van der Waals surface area contributed by atoms with Gasteiger partial charge in [-0.15, -0.1) is 0 Å². The highest BCUT2D eigenvalue weighted by molar-refractivity contribution is 6.31. The van der Waals surface area contributed by atoms with Gasteiger partial charge in [-0.25, -0.2) is 0 Å². The summed E-state index contributed by atoms with van der Waals surface area (Å²) >= 11 is 6.57. The number of hydrogen-bond acceptors (Lipinski definition) is 5. The Morgan fingerprint density at radius 1 is 1.00 bits per heavy atom. The van der Waals surface area contributed by atoms with Gasteiger partial charge >= 0.3 is 0 Å². The average molecular weight is 500 g/mol. The average Bonchev–Trinajstić information content (AvgIpc) is 2.83. The number of benzene rings is 2. The highest BCUT2D eigenvalue weighted by atomic mass is 35.5. The second kappa shape index (κ2) is 11.3. The summed E-state index contributed by atoms with van der Waals surface area (Å²) in [5.41, 5.74) is 8.46. The molecule has 7 nitrogen and oxygen atoms in total. The standard InChI is InChI=1S/C27H34ClN3O4/c1-34-24-13-10-18(15-25(24)35-2)27(33)31(23-9-4-3-8-22(23)29)16-19-14-20(11-12-21(19)28)30-26(32)17-6-5-7-17/h10-15,17,22-23H,3-9,16,29H2,1-2H3,(H,30,32). The molecule has 2 atom stereocenters. The van der Waals surface area contributed by atoms with Crippen molar-refractivity contribution >= 4 is 29.1 Å². The van der Waals surface area contributed by atoms with Gasteiger partial charge in [-0.1, -0.05) is 30.9 Å². The van der Waals surface area contributed by atoms with Crippen LogP contribution >= 0.6 is 11.6 Å². The lowest BCUT2D eigenvalue weighted by Gasteiger charge is -2.39. The Bertz CT molecular complexity index is 1070. The van der Waals surface area contributed by atoms with Gasteiger partial charge in [-0.2, -0.15) is 0 Å². The van der Waals surface area contributed by atoms with Crippen LogP contribution in [-0.4, -0.2) is 43.0 Å². The van der Waals surface area contributed by atoms with Gasteiger partial charge in [0.1, 0.15) is 0 Å². The lowest BCUT2D eigenvalue weighted by molar-refractivity contribution is -0.122. The Kier molecular flexibility index (Phi) is 8.19. The molecule has 2 saturated carbocycles. The molecule has 2 aliphatic carbocycles. The van der Waals surface area contributed by atoms with Crippen molar-refractivity contribution in [3.8, 4) is 11.5 Å². The van der Waals surface area contributed by atoms with Crippen molar-refractivity contribution in [2.24, 2.45) is 11.7 Å². The fourth-order valence-corrected chi connectivity index (χ4v) is 5.05. The molecule has 0 radical (unpaired) electrons. The predicted molar refractivity (Wildman–Crippen MR) is 137 cm³/mol. The molecule has 8 heteroatoms. The number of hydrogen-bond donors (Lipinski definition) is 2. The van der Waals surface area contributed by atoms with Crippen molar-refractivity contribution in [3.63, 3.8) is 0 Å². The van der Waals surface area contributed by atoms with Crippen molar-refractivity contribution in [1.29, 1.82) is 0 Å². The van der Waals surface area contributed by atoms with Gasteiger partial charge < -0.3 is 25.4 Å². The molecule has 2 aromatic carbocycles. The lowest BCUT2D eigenvalue weighted by atomic mass is 9.85. The third-order valence-electron chi connectivity index (χ3n) is 7.20. The van der Waals surface area contributed by atoms with E-state index in [9.17, 15) is 9.59 Å². The molecule has 0 heterocycles. The number of anilines is 1. The largest absolute Gasteiger partial charge is 0.493 e. The maximum absolute atomic E-state index is 13.8.